The molecule has 0 bridgehead atoms. The van der Waals surface area contributed by atoms with Gasteiger partial charge in [0.25, 0.3) is 0 Å². The van der Waals surface area contributed by atoms with Crippen LogP contribution >= 0.6 is 23.1 Å². The van der Waals surface area contributed by atoms with Crippen LogP contribution < -0.4 is 11.0 Å². The van der Waals surface area contributed by atoms with E-state index in [2.05, 4.69) is 21.6 Å². The van der Waals surface area contributed by atoms with Crippen LogP contribution in [0, 0.1) is 11.3 Å². The summed E-state index contributed by atoms with van der Waals surface area (Å²) >= 11 is 2.77. The molecule has 2 heterocycles. The van der Waals surface area contributed by atoms with Crippen molar-refractivity contribution in [2.45, 2.75) is 69.3 Å². The van der Waals surface area contributed by atoms with Gasteiger partial charge in [-0.25, -0.2) is 9.89 Å². The van der Waals surface area contributed by atoms with Gasteiger partial charge < -0.3 is 5.32 Å². The van der Waals surface area contributed by atoms with E-state index in [1.165, 1.54) is 34.4 Å². The molecule has 2 N–H and O–H groups in total. The number of nitrogens with zero attached hydrogens (tertiary/aromatic N) is 3. The smallest absolute Gasteiger partial charge is 0.316 e. The summed E-state index contributed by atoms with van der Waals surface area (Å²) in [6.07, 6.45) is 6.10. The Morgan fingerprint density at radius 1 is 1.44 bits per heavy atom. The lowest BCUT2D eigenvalue weighted by molar-refractivity contribution is -0.115. The number of hydrogen-bond acceptors (Lipinski definition) is 6. The second-order valence-electron chi connectivity index (χ2n) is 6.59. The van der Waals surface area contributed by atoms with Crippen LogP contribution in [0.25, 0.3) is 0 Å². The van der Waals surface area contributed by atoms with Crippen LogP contribution in [-0.2, 0) is 24.2 Å². The molecule has 1 amide bonds. The van der Waals surface area contributed by atoms with Gasteiger partial charge in [-0.2, -0.15) is 5.26 Å². The highest BCUT2D eigenvalue weighted by molar-refractivity contribution is 8.00. The van der Waals surface area contributed by atoms with Crippen molar-refractivity contribution in [3.05, 3.63) is 26.5 Å². The fraction of sp³-hybridized carbons (Fsp3) is 0.556. The molecule has 27 heavy (non-hydrogen) atoms. The second kappa shape index (κ2) is 8.76. The molecule has 0 spiro atoms. The Labute approximate surface area is 166 Å². The Morgan fingerprint density at radius 3 is 2.96 bits per heavy atom. The van der Waals surface area contributed by atoms with E-state index in [4.69, 9.17) is 0 Å². The summed E-state index contributed by atoms with van der Waals surface area (Å²) in [5.41, 5.74) is 1.46. The van der Waals surface area contributed by atoms with Crippen LogP contribution in [0.15, 0.2) is 9.95 Å². The highest BCUT2D eigenvalue weighted by Gasteiger charge is 2.24. The fourth-order valence-corrected chi connectivity index (χ4v) is 5.31. The predicted molar refractivity (Wildman–Crippen MR) is 107 cm³/mol. The number of rotatable bonds is 6. The zero-order valence-corrected chi connectivity index (χ0v) is 17.1. The van der Waals surface area contributed by atoms with E-state index >= 15 is 0 Å². The lowest BCUT2D eigenvalue weighted by Gasteiger charge is -2.11. The summed E-state index contributed by atoms with van der Waals surface area (Å²) in [5, 5.41) is 19.7. The van der Waals surface area contributed by atoms with Gasteiger partial charge in [0, 0.05) is 11.4 Å². The molecule has 2 aromatic rings. The minimum atomic E-state index is -0.441. The molecule has 1 atom stereocenters. The summed E-state index contributed by atoms with van der Waals surface area (Å²) in [6, 6.07) is 2.28. The van der Waals surface area contributed by atoms with Crippen molar-refractivity contribution in [1.82, 2.24) is 14.8 Å². The van der Waals surface area contributed by atoms with Gasteiger partial charge in [0.1, 0.15) is 11.1 Å². The maximum absolute atomic E-state index is 12.7. The number of nitrogens with one attached hydrogen (secondary N) is 2. The van der Waals surface area contributed by atoms with Gasteiger partial charge in [-0.05, 0) is 44.6 Å². The van der Waals surface area contributed by atoms with E-state index in [1.54, 1.807) is 11.5 Å². The molecular weight excluding hydrogens is 382 g/mol. The van der Waals surface area contributed by atoms with Gasteiger partial charge in [-0.15, -0.1) is 16.4 Å². The lowest BCUT2D eigenvalue weighted by atomic mass is 10.1. The quantitative estimate of drug-likeness (QED) is 0.567. The number of carbonyl (C=O) groups excluding carboxylic acids is 1. The average Bonchev–Trinajstić information content (AvgIpc) is 3.05. The van der Waals surface area contributed by atoms with Crippen molar-refractivity contribution in [3.63, 3.8) is 0 Å². The van der Waals surface area contributed by atoms with E-state index in [9.17, 15) is 14.9 Å². The van der Waals surface area contributed by atoms with Crippen molar-refractivity contribution in [2.24, 2.45) is 0 Å². The molecule has 2 aromatic heterocycles. The monoisotopic (exact) mass is 405 g/mol. The van der Waals surface area contributed by atoms with Crippen LogP contribution in [0.4, 0.5) is 5.00 Å². The number of nitriles is 1. The number of thioether (sulfide) groups is 1. The van der Waals surface area contributed by atoms with E-state index in [-0.39, 0.29) is 11.6 Å². The molecule has 144 valence electrons. The van der Waals surface area contributed by atoms with Gasteiger partial charge in [0.15, 0.2) is 5.16 Å². The number of aromatic amines is 1. The Bertz CT molecular complexity index is 921. The number of amides is 1. The largest absolute Gasteiger partial charge is 0.343 e. The standard InChI is InChI=1S/C18H23N5O2S2/c1-3-9-23-17(25)21-22-18(23)26-11(2)15(24)20-16-13(10-19)12-7-5-4-6-8-14(12)27-16/h11H,3-9H2,1-2H3,(H,20,24)(H,21,25). The van der Waals surface area contributed by atoms with E-state index < -0.39 is 5.25 Å². The van der Waals surface area contributed by atoms with E-state index in [1.807, 2.05) is 6.92 Å². The number of aryl methyl sites for hydroxylation is 1. The van der Waals surface area contributed by atoms with Gasteiger partial charge in [0.05, 0.1) is 10.8 Å². The average molecular weight is 406 g/mol. The molecule has 0 saturated carbocycles. The normalized spacial score (nSPS) is 14.9. The first kappa shape index (κ1) is 19.7. The number of hydrogen-bond donors (Lipinski definition) is 2. The summed E-state index contributed by atoms with van der Waals surface area (Å²) < 4.78 is 1.54. The minimum Gasteiger partial charge on any atom is -0.316 e. The van der Waals surface area contributed by atoms with Crippen molar-refractivity contribution < 1.29 is 4.79 Å². The maximum Gasteiger partial charge on any atom is 0.343 e. The number of carbonyl (C=O) groups is 1. The van der Waals surface area contributed by atoms with Crippen LogP contribution in [0.1, 0.15) is 55.5 Å². The predicted octanol–water partition coefficient (Wildman–Crippen LogP) is 3.30. The van der Waals surface area contributed by atoms with Crippen LogP contribution in [-0.4, -0.2) is 25.9 Å². The van der Waals surface area contributed by atoms with Gasteiger partial charge in [0.2, 0.25) is 5.91 Å². The Morgan fingerprint density at radius 2 is 2.22 bits per heavy atom. The zero-order chi connectivity index (χ0) is 19.4. The molecule has 0 fully saturated rings. The minimum absolute atomic E-state index is 0.189. The molecule has 1 unspecified atom stereocenters. The topological polar surface area (TPSA) is 104 Å². The zero-order valence-electron chi connectivity index (χ0n) is 15.5. The summed E-state index contributed by atoms with van der Waals surface area (Å²) in [5.74, 6) is -0.189. The Hall–Kier alpha value is -2.05. The molecule has 0 aliphatic heterocycles. The van der Waals surface area contributed by atoms with Crippen LogP contribution in [0.5, 0.6) is 0 Å². The van der Waals surface area contributed by atoms with Gasteiger partial charge >= 0.3 is 5.69 Å². The first-order valence-corrected chi connectivity index (χ1v) is 10.9. The Kier molecular flexibility index (Phi) is 6.39. The third-order valence-electron chi connectivity index (χ3n) is 4.59. The van der Waals surface area contributed by atoms with E-state index in [0.29, 0.717) is 22.3 Å². The summed E-state index contributed by atoms with van der Waals surface area (Å²) in [6.45, 7) is 4.32. The number of H-pyrrole nitrogens is 1. The van der Waals surface area contributed by atoms with Crippen LogP contribution in [0.3, 0.4) is 0 Å². The third kappa shape index (κ3) is 4.28. The van der Waals surface area contributed by atoms with Crippen molar-refractivity contribution in [1.29, 1.82) is 5.26 Å². The molecule has 1 aliphatic rings. The second-order valence-corrected chi connectivity index (χ2v) is 9.01. The molecule has 0 radical (unpaired) electrons. The highest BCUT2D eigenvalue weighted by atomic mass is 32.2. The summed E-state index contributed by atoms with van der Waals surface area (Å²) in [7, 11) is 0. The lowest BCUT2D eigenvalue weighted by Crippen LogP contribution is -2.24. The van der Waals surface area contributed by atoms with Crippen molar-refractivity contribution in [3.8, 4) is 6.07 Å². The first-order valence-electron chi connectivity index (χ1n) is 9.22. The molecule has 0 aromatic carbocycles. The van der Waals surface area contributed by atoms with Gasteiger partial charge in [-0.3, -0.25) is 9.36 Å². The molecule has 3 rings (SSSR count). The van der Waals surface area contributed by atoms with Gasteiger partial charge in [-0.1, -0.05) is 25.1 Å². The molecule has 0 saturated heterocycles. The summed E-state index contributed by atoms with van der Waals surface area (Å²) in [4.78, 5) is 25.7. The van der Waals surface area contributed by atoms with Crippen molar-refractivity contribution >= 4 is 34.0 Å². The maximum atomic E-state index is 12.7. The van der Waals surface area contributed by atoms with Crippen LogP contribution in [0.2, 0.25) is 0 Å². The van der Waals surface area contributed by atoms with E-state index in [0.717, 1.165) is 37.7 Å². The first-order chi connectivity index (χ1) is 13.0. The number of fused-ring (bicyclic) bond motifs is 1. The number of anilines is 1. The molecule has 9 heteroatoms. The molecule has 1 aliphatic carbocycles. The third-order valence-corrected chi connectivity index (χ3v) is 6.89. The number of aromatic nitrogens is 3. The molecule has 7 nitrogen and oxygen atoms in total. The fourth-order valence-electron chi connectivity index (χ4n) is 3.19. The SMILES string of the molecule is CCCn1c(SC(C)C(=O)Nc2sc3c(c2C#N)CCCCC3)n[nH]c1=O. The Balaban J connectivity index is 1.74. The highest BCUT2D eigenvalue weighted by Crippen LogP contribution is 2.37. The molecular formula is C18H23N5O2S2. The number of thiophene rings is 1. The van der Waals surface area contributed by atoms with Crippen molar-refractivity contribution in [2.75, 3.05) is 5.32 Å².